The van der Waals surface area contributed by atoms with Crippen LogP contribution in [0.4, 0.5) is 5.69 Å². The van der Waals surface area contributed by atoms with Crippen molar-refractivity contribution in [2.45, 2.75) is 44.8 Å². The number of likely N-dealkylation sites (tertiary alicyclic amines) is 1. The van der Waals surface area contributed by atoms with Crippen LogP contribution in [0, 0.1) is 10.1 Å². The van der Waals surface area contributed by atoms with E-state index >= 15 is 0 Å². The third-order valence-corrected chi connectivity index (χ3v) is 4.30. The number of nitro groups is 1. The highest BCUT2D eigenvalue weighted by atomic mass is 16.6. The van der Waals surface area contributed by atoms with Crippen molar-refractivity contribution < 1.29 is 4.92 Å². The van der Waals surface area contributed by atoms with Crippen molar-refractivity contribution in [1.29, 1.82) is 0 Å². The number of piperidine rings is 1. The smallest absolute Gasteiger partial charge is 0.269 e. The topological polar surface area (TPSA) is 58.4 Å². The number of non-ortho nitro benzene ring substituents is 1. The van der Waals surface area contributed by atoms with Crippen LogP contribution in [0.5, 0.6) is 0 Å². The van der Waals surface area contributed by atoms with Gasteiger partial charge in [-0.25, -0.2) is 0 Å². The molecule has 1 N–H and O–H groups in total. The van der Waals surface area contributed by atoms with Crippen molar-refractivity contribution in [3.05, 3.63) is 39.9 Å². The first kappa shape index (κ1) is 14.9. The number of nitrogens with zero attached hydrogens (tertiary/aromatic N) is 2. The molecule has 1 aromatic carbocycles. The van der Waals surface area contributed by atoms with Crippen molar-refractivity contribution in [3.63, 3.8) is 0 Å². The van der Waals surface area contributed by atoms with Gasteiger partial charge in [0.15, 0.2) is 0 Å². The molecule has 110 valence electrons. The molecule has 0 spiro atoms. The lowest BCUT2D eigenvalue weighted by molar-refractivity contribution is -0.384. The zero-order valence-electron chi connectivity index (χ0n) is 12.4. The average Bonchev–Trinajstić information content (AvgIpc) is 2.43. The number of benzene rings is 1. The Labute approximate surface area is 120 Å². The molecular weight excluding hydrogens is 254 g/mol. The predicted octanol–water partition coefficient (Wildman–Crippen LogP) is 2.73. The summed E-state index contributed by atoms with van der Waals surface area (Å²) in [6.07, 6.45) is 2.30. The standard InChI is InChI=1S/C15H23N3O2/c1-11-10-14(8-9-17(11)3)16-12(2)13-4-6-15(7-5-13)18(19)20/h4-7,11-12,14,16H,8-10H2,1-3H3. The Morgan fingerprint density at radius 3 is 2.60 bits per heavy atom. The Morgan fingerprint density at radius 2 is 2.05 bits per heavy atom. The Kier molecular flexibility index (Phi) is 4.73. The van der Waals surface area contributed by atoms with Gasteiger partial charge < -0.3 is 10.2 Å². The molecule has 1 heterocycles. The first-order chi connectivity index (χ1) is 9.47. The van der Waals surface area contributed by atoms with E-state index in [-0.39, 0.29) is 16.7 Å². The highest BCUT2D eigenvalue weighted by molar-refractivity contribution is 5.34. The molecule has 1 saturated heterocycles. The van der Waals surface area contributed by atoms with Gasteiger partial charge in [0.25, 0.3) is 5.69 Å². The first-order valence-electron chi connectivity index (χ1n) is 7.18. The molecule has 1 aliphatic rings. The minimum Gasteiger partial charge on any atom is -0.307 e. The lowest BCUT2D eigenvalue weighted by Gasteiger charge is -2.36. The predicted molar refractivity (Wildman–Crippen MR) is 79.8 cm³/mol. The van der Waals surface area contributed by atoms with Crippen LogP contribution in [0.2, 0.25) is 0 Å². The molecule has 0 saturated carbocycles. The van der Waals surface area contributed by atoms with E-state index in [0.29, 0.717) is 12.1 Å². The van der Waals surface area contributed by atoms with E-state index in [0.717, 1.165) is 24.9 Å². The molecule has 1 aliphatic heterocycles. The molecule has 2 rings (SSSR count). The Morgan fingerprint density at radius 1 is 1.40 bits per heavy atom. The number of hydrogen-bond donors (Lipinski definition) is 1. The third kappa shape index (κ3) is 3.55. The molecule has 1 aromatic rings. The monoisotopic (exact) mass is 277 g/mol. The largest absolute Gasteiger partial charge is 0.307 e. The summed E-state index contributed by atoms with van der Waals surface area (Å²) in [5, 5.41) is 14.3. The average molecular weight is 277 g/mol. The van der Waals surface area contributed by atoms with Crippen LogP contribution < -0.4 is 5.32 Å². The van der Waals surface area contributed by atoms with Crippen LogP contribution in [0.3, 0.4) is 0 Å². The van der Waals surface area contributed by atoms with Gasteiger partial charge in [0.2, 0.25) is 0 Å². The second-order valence-electron chi connectivity index (χ2n) is 5.79. The Hall–Kier alpha value is -1.46. The third-order valence-electron chi connectivity index (χ3n) is 4.30. The molecule has 20 heavy (non-hydrogen) atoms. The van der Waals surface area contributed by atoms with Gasteiger partial charge in [-0.3, -0.25) is 10.1 Å². The van der Waals surface area contributed by atoms with Crippen molar-refractivity contribution in [2.24, 2.45) is 0 Å². The SMILES string of the molecule is CC(NC1CCN(C)C(C)C1)c1ccc([N+](=O)[O-])cc1. The van der Waals surface area contributed by atoms with Crippen LogP contribution >= 0.6 is 0 Å². The van der Waals surface area contributed by atoms with Gasteiger partial charge in [0, 0.05) is 30.3 Å². The van der Waals surface area contributed by atoms with Crippen LogP contribution in [0.25, 0.3) is 0 Å². The molecule has 3 unspecified atom stereocenters. The van der Waals surface area contributed by atoms with Crippen molar-refractivity contribution in [2.75, 3.05) is 13.6 Å². The van der Waals surface area contributed by atoms with E-state index in [1.54, 1.807) is 12.1 Å². The van der Waals surface area contributed by atoms with Gasteiger partial charge in [-0.15, -0.1) is 0 Å². The maximum absolute atomic E-state index is 10.7. The summed E-state index contributed by atoms with van der Waals surface area (Å²) < 4.78 is 0. The van der Waals surface area contributed by atoms with Gasteiger partial charge >= 0.3 is 0 Å². The number of hydrogen-bond acceptors (Lipinski definition) is 4. The quantitative estimate of drug-likeness (QED) is 0.679. The number of nitro benzene ring substituents is 1. The summed E-state index contributed by atoms with van der Waals surface area (Å²) in [5.74, 6) is 0. The summed E-state index contributed by atoms with van der Waals surface area (Å²) in [5.41, 5.74) is 1.25. The summed E-state index contributed by atoms with van der Waals surface area (Å²) in [6.45, 7) is 5.49. The first-order valence-corrected chi connectivity index (χ1v) is 7.18. The molecule has 0 bridgehead atoms. The lowest BCUT2D eigenvalue weighted by atomic mass is 9.97. The summed E-state index contributed by atoms with van der Waals surface area (Å²) in [7, 11) is 2.17. The van der Waals surface area contributed by atoms with Gasteiger partial charge in [0.1, 0.15) is 0 Å². The van der Waals surface area contributed by atoms with Crippen LogP contribution in [-0.4, -0.2) is 35.5 Å². The molecule has 0 amide bonds. The fourth-order valence-electron chi connectivity index (χ4n) is 2.78. The normalized spacial score (nSPS) is 25.4. The van der Waals surface area contributed by atoms with E-state index < -0.39 is 0 Å². The van der Waals surface area contributed by atoms with E-state index in [1.165, 1.54) is 0 Å². The molecule has 5 nitrogen and oxygen atoms in total. The van der Waals surface area contributed by atoms with Gasteiger partial charge in [-0.05, 0) is 45.8 Å². The van der Waals surface area contributed by atoms with Crippen molar-refractivity contribution in [1.82, 2.24) is 10.2 Å². The molecule has 1 fully saturated rings. The fraction of sp³-hybridized carbons (Fsp3) is 0.600. The second kappa shape index (κ2) is 6.33. The second-order valence-corrected chi connectivity index (χ2v) is 5.79. The Balaban J connectivity index is 1.94. The van der Waals surface area contributed by atoms with Crippen LogP contribution in [0.1, 0.15) is 38.3 Å². The summed E-state index contributed by atoms with van der Waals surface area (Å²) in [4.78, 5) is 12.7. The van der Waals surface area contributed by atoms with Gasteiger partial charge in [0.05, 0.1) is 4.92 Å². The van der Waals surface area contributed by atoms with Gasteiger partial charge in [-0.2, -0.15) is 0 Å². The van der Waals surface area contributed by atoms with Crippen molar-refractivity contribution in [3.8, 4) is 0 Å². The lowest BCUT2D eigenvalue weighted by Crippen LogP contribution is -2.46. The number of nitrogens with one attached hydrogen (secondary N) is 1. The van der Waals surface area contributed by atoms with Crippen LogP contribution in [-0.2, 0) is 0 Å². The summed E-state index contributed by atoms with van der Waals surface area (Å²) in [6, 6.07) is 8.17. The molecule has 0 radical (unpaired) electrons. The zero-order chi connectivity index (χ0) is 14.7. The fourth-order valence-corrected chi connectivity index (χ4v) is 2.78. The Bertz CT molecular complexity index is 461. The number of rotatable bonds is 4. The molecule has 5 heteroatoms. The summed E-state index contributed by atoms with van der Waals surface area (Å²) >= 11 is 0. The van der Waals surface area contributed by atoms with E-state index in [1.807, 2.05) is 12.1 Å². The highest BCUT2D eigenvalue weighted by Gasteiger charge is 2.23. The molecular formula is C15H23N3O2. The van der Waals surface area contributed by atoms with Crippen LogP contribution in [0.15, 0.2) is 24.3 Å². The van der Waals surface area contributed by atoms with E-state index in [4.69, 9.17) is 0 Å². The molecule has 0 aliphatic carbocycles. The van der Waals surface area contributed by atoms with Gasteiger partial charge in [-0.1, -0.05) is 12.1 Å². The van der Waals surface area contributed by atoms with E-state index in [9.17, 15) is 10.1 Å². The zero-order valence-corrected chi connectivity index (χ0v) is 12.4. The maximum atomic E-state index is 10.7. The highest BCUT2D eigenvalue weighted by Crippen LogP contribution is 2.21. The molecule has 3 atom stereocenters. The molecule has 0 aromatic heterocycles. The minimum absolute atomic E-state index is 0.147. The van der Waals surface area contributed by atoms with Crippen molar-refractivity contribution >= 4 is 5.69 Å². The maximum Gasteiger partial charge on any atom is 0.269 e. The minimum atomic E-state index is -0.361. The van der Waals surface area contributed by atoms with E-state index in [2.05, 4.69) is 31.1 Å².